The smallest absolute Gasteiger partial charge is 0.263 e. The van der Waals surface area contributed by atoms with Crippen LogP contribution in [-0.4, -0.2) is 55.9 Å². The number of aromatic nitrogens is 4. The predicted octanol–water partition coefficient (Wildman–Crippen LogP) is 3.99. The summed E-state index contributed by atoms with van der Waals surface area (Å²) in [5, 5.41) is 9.96. The number of hydrogen-bond donors (Lipinski definition) is 0. The lowest BCUT2D eigenvalue weighted by atomic mass is 10.1. The minimum Gasteiger partial charge on any atom is -0.496 e. The van der Waals surface area contributed by atoms with Crippen LogP contribution < -0.4 is 10.3 Å². The van der Waals surface area contributed by atoms with Crippen LogP contribution in [0, 0.1) is 0 Å². The molecule has 0 aliphatic carbocycles. The first-order valence-electron chi connectivity index (χ1n) is 12.1. The van der Waals surface area contributed by atoms with Gasteiger partial charge in [-0.05, 0) is 31.0 Å². The number of rotatable bonds is 6. The van der Waals surface area contributed by atoms with Crippen LogP contribution in [-0.2, 0) is 11.3 Å². The van der Waals surface area contributed by atoms with E-state index in [-0.39, 0.29) is 11.5 Å². The zero-order valence-corrected chi connectivity index (χ0v) is 20.7. The van der Waals surface area contributed by atoms with Gasteiger partial charge in [0.15, 0.2) is 5.16 Å². The van der Waals surface area contributed by atoms with Crippen molar-refractivity contribution in [1.29, 1.82) is 0 Å². The van der Waals surface area contributed by atoms with Crippen LogP contribution in [0.3, 0.4) is 0 Å². The summed E-state index contributed by atoms with van der Waals surface area (Å²) in [7, 11) is 1.62. The largest absolute Gasteiger partial charge is 0.496 e. The fourth-order valence-corrected chi connectivity index (χ4v) is 5.53. The monoisotopic (exact) mass is 491 g/mol. The molecule has 0 atom stereocenters. The second-order valence-corrected chi connectivity index (χ2v) is 9.72. The SMILES string of the molecule is COc1ccccc1Cn1c(=O)c2ccccc2n2c(SCC(=O)N3CCCCCCC3)nnc12. The zero-order chi connectivity index (χ0) is 24.2. The number of nitrogens with zero attached hydrogens (tertiary/aromatic N) is 5. The van der Waals surface area contributed by atoms with Gasteiger partial charge in [-0.3, -0.25) is 18.6 Å². The van der Waals surface area contributed by atoms with Gasteiger partial charge < -0.3 is 9.64 Å². The maximum Gasteiger partial charge on any atom is 0.263 e. The highest BCUT2D eigenvalue weighted by Gasteiger charge is 2.20. The van der Waals surface area contributed by atoms with Crippen LogP contribution >= 0.6 is 11.8 Å². The van der Waals surface area contributed by atoms with Gasteiger partial charge in [0, 0.05) is 18.7 Å². The van der Waals surface area contributed by atoms with Crippen molar-refractivity contribution in [3.63, 3.8) is 0 Å². The lowest BCUT2D eigenvalue weighted by Gasteiger charge is -2.24. The number of carbonyl (C=O) groups is 1. The van der Waals surface area contributed by atoms with E-state index in [9.17, 15) is 9.59 Å². The van der Waals surface area contributed by atoms with Crippen molar-refractivity contribution in [2.24, 2.45) is 0 Å². The van der Waals surface area contributed by atoms with Gasteiger partial charge in [0.1, 0.15) is 5.75 Å². The van der Waals surface area contributed by atoms with E-state index in [4.69, 9.17) is 4.74 Å². The molecule has 1 aliphatic rings. The topological polar surface area (TPSA) is 81.7 Å². The fraction of sp³-hybridized carbons (Fsp3) is 0.385. The van der Waals surface area contributed by atoms with Gasteiger partial charge in [-0.2, -0.15) is 0 Å². The number of hydrogen-bond acceptors (Lipinski definition) is 6. The molecule has 35 heavy (non-hydrogen) atoms. The molecule has 1 saturated heterocycles. The van der Waals surface area contributed by atoms with Crippen LogP contribution in [0.15, 0.2) is 58.5 Å². The van der Waals surface area contributed by atoms with E-state index in [0.717, 1.165) is 37.0 Å². The number of para-hydroxylation sites is 2. The highest BCUT2D eigenvalue weighted by atomic mass is 32.2. The molecule has 0 spiro atoms. The summed E-state index contributed by atoms with van der Waals surface area (Å²) in [5.41, 5.74) is 1.47. The molecule has 8 nitrogen and oxygen atoms in total. The average Bonchev–Trinajstić information content (AvgIpc) is 3.29. The van der Waals surface area contributed by atoms with Crippen LogP contribution in [0.2, 0.25) is 0 Å². The molecule has 0 bridgehead atoms. The Bertz CT molecular complexity index is 1410. The van der Waals surface area contributed by atoms with E-state index >= 15 is 0 Å². The fourth-order valence-electron chi connectivity index (χ4n) is 4.69. The Morgan fingerprint density at radius 3 is 2.49 bits per heavy atom. The molecule has 0 unspecified atom stereocenters. The standard InChI is InChI=1S/C26H29N5O3S/c1-34-22-14-8-5-11-19(22)17-30-24(33)20-12-6-7-13-21(20)31-25(30)27-28-26(31)35-18-23(32)29-15-9-3-2-4-10-16-29/h5-8,11-14H,2-4,9-10,15-18H2,1H3. The Morgan fingerprint density at radius 1 is 0.971 bits per heavy atom. The maximum atomic E-state index is 13.5. The number of amides is 1. The van der Waals surface area contributed by atoms with Crippen molar-refractivity contribution in [3.8, 4) is 5.75 Å². The normalized spacial score (nSPS) is 14.7. The molecule has 2 aromatic heterocycles. The van der Waals surface area contributed by atoms with Gasteiger partial charge in [-0.25, -0.2) is 0 Å². The van der Waals surface area contributed by atoms with Gasteiger partial charge in [-0.1, -0.05) is 61.4 Å². The third-order valence-electron chi connectivity index (χ3n) is 6.53. The van der Waals surface area contributed by atoms with E-state index in [1.54, 1.807) is 11.7 Å². The molecule has 4 aromatic rings. The molecule has 1 fully saturated rings. The van der Waals surface area contributed by atoms with Crippen molar-refractivity contribution in [3.05, 3.63) is 64.4 Å². The number of carbonyl (C=O) groups excluding carboxylic acids is 1. The minimum atomic E-state index is -0.139. The minimum absolute atomic E-state index is 0.125. The molecule has 1 amide bonds. The van der Waals surface area contributed by atoms with E-state index in [1.807, 2.05) is 57.8 Å². The Hall–Kier alpha value is -3.33. The molecule has 1 aliphatic heterocycles. The van der Waals surface area contributed by atoms with Gasteiger partial charge in [0.05, 0.1) is 30.3 Å². The quantitative estimate of drug-likeness (QED) is 0.380. The summed E-state index contributed by atoms with van der Waals surface area (Å²) >= 11 is 1.37. The molecule has 0 radical (unpaired) electrons. The number of methoxy groups -OCH3 is 1. The predicted molar refractivity (Wildman–Crippen MR) is 137 cm³/mol. The van der Waals surface area contributed by atoms with Gasteiger partial charge >= 0.3 is 0 Å². The summed E-state index contributed by atoms with van der Waals surface area (Å²) in [6, 6.07) is 15.1. The number of fused-ring (bicyclic) bond motifs is 3. The van der Waals surface area contributed by atoms with Crippen molar-refractivity contribution >= 4 is 34.3 Å². The first kappa shape index (κ1) is 23.4. The summed E-state index contributed by atoms with van der Waals surface area (Å²) in [6.07, 6.45) is 5.74. The lowest BCUT2D eigenvalue weighted by Crippen LogP contribution is -2.35. The van der Waals surface area contributed by atoms with E-state index in [0.29, 0.717) is 34.4 Å². The van der Waals surface area contributed by atoms with Crippen molar-refractivity contribution in [2.45, 2.75) is 43.8 Å². The maximum absolute atomic E-state index is 13.5. The molecular weight excluding hydrogens is 462 g/mol. The van der Waals surface area contributed by atoms with E-state index in [1.165, 1.54) is 31.0 Å². The Morgan fingerprint density at radius 2 is 1.69 bits per heavy atom. The van der Waals surface area contributed by atoms with Crippen molar-refractivity contribution in [1.82, 2.24) is 24.1 Å². The van der Waals surface area contributed by atoms with E-state index < -0.39 is 0 Å². The summed E-state index contributed by atoms with van der Waals surface area (Å²) in [5.74, 6) is 1.57. The van der Waals surface area contributed by atoms with Crippen molar-refractivity contribution in [2.75, 3.05) is 26.0 Å². The molecule has 5 rings (SSSR count). The van der Waals surface area contributed by atoms with Gasteiger partial charge in [0.2, 0.25) is 11.7 Å². The molecule has 0 N–H and O–H groups in total. The molecule has 0 saturated carbocycles. The van der Waals surface area contributed by atoms with E-state index in [2.05, 4.69) is 10.2 Å². The summed E-state index contributed by atoms with van der Waals surface area (Å²) in [4.78, 5) is 28.4. The molecule has 182 valence electrons. The molecule has 9 heteroatoms. The van der Waals surface area contributed by atoms with Crippen LogP contribution in [0.5, 0.6) is 5.75 Å². The third kappa shape index (κ3) is 4.77. The Balaban J connectivity index is 1.50. The van der Waals surface area contributed by atoms with Crippen LogP contribution in [0.25, 0.3) is 16.7 Å². The second-order valence-electron chi connectivity index (χ2n) is 8.78. The first-order valence-corrected chi connectivity index (χ1v) is 13.0. The third-order valence-corrected chi connectivity index (χ3v) is 7.45. The summed E-state index contributed by atoms with van der Waals surface area (Å²) < 4.78 is 9.01. The number of ether oxygens (including phenoxy) is 1. The number of likely N-dealkylation sites (tertiary alicyclic amines) is 1. The second kappa shape index (κ2) is 10.5. The van der Waals surface area contributed by atoms with Crippen LogP contribution in [0.4, 0.5) is 0 Å². The highest BCUT2D eigenvalue weighted by molar-refractivity contribution is 7.99. The molecule has 3 heterocycles. The van der Waals surface area contributed by atoms with Crippen molar-refractivity contribution < 1.29 is 9.53 Å². The summed E-state index contributed by atoms with van der Waals surface area (Å²) in [6.45, 7) is 1.94. The van der Waals surface area contributed by atoms with Gasteiger partial charge in [-0.15, -0.1) is 10.2 Å². The lowest BCUT2D eigenvalue weighted by molar-refractivity contribution is -0.128. The average molecular weight is 492 g/mol. The number of benzene rings is 2. The highest BCUT2D eigenvalue weighted by Crippen LogP contribution is 2.24. The Labute approximate surface area is 207 Å². The van der Waals surface area contributed by atoms with Crippen LogP contribution in [0.1, 0.15) is 37.7 Å². The van der Waals surface area contributed by atoms with Gasteiger partial charge in [0.25, 0.3) is 5.56 Å². The zero-order valence-electron chi connectivity index (χ0n) is 19.9. The first-order chi connectivity index (χ1) is 17.2. The Kier molecular flexibility index (Phi) is 7.03. The molecule has 2 aromatic carbocycles. The number of thioether (sulfide) groups is 1. The molecular formula is C26H29N5O3S.